The van der Waals surface area contributed by atoms with Gasteiger partial charge >= 0.3 is 5.97 Å². The van der Waals surface area contributed by atoms with Gasteiger partial charge in [-0.2, -0.15) is 0 Å². The molecule has 0 unspecified atom stereocenters. The highest BCUT2D eigenvalue weighted by molar-refractivity contribution is 6.91. The Labute approximate surface area is 261 Å². The van der Waals surface area contributed by atoms with E-state index in [1.165, 1.54) is 12.3 Å². The molecule has 0 aliphatic carbocycles. The average molecular weight is 623 g/mol. The number of likely N-dealkylation sites (tertiary alicyclic amines) is 1. The van der Waals surface area contributed by atoms with Crippen molar-refractivity contribution in [3.63, 3.8) is 0 Å². The second kappa shape index (κ2) is 13.0. The van der Waals surface area contributed by atoms with Crippen LogP contribution in [0.15, 0.2) is 48.5 Å². The maximum absolute atomic E-state index is 14.6. The molecular formula is C34H46N2O7Si. The minimum atomic E-state index is -2.38. The number of fused-ring (bicyclic) bond motifs is 2. The smallest absolute Gasteiger partial charge is 0.305 e. The number of aliphatic hydroxyl groups is 1. The molecule has 0 aromatic heterocycles. The van der Waals surface area contributed by atoms with Gasteiger partial charge < -0.3 is 29.1 Å². The summed E-state index contributed by atoms with van der Waals surface area (Å²) in [5, 5.41) is 11.1. The molecule has 238 valence electrons. The lowest BCUT2D eigenvalue weighted by Gasteiger charge is -2.37. The largest absolute Gasteiger partial charge is 0.497 e. The number of methoxy groups -OCH3 is 2. The topological polar surface area (TPSA) is 106 Å². The molecule has 9 nitrogen and oxygen atoms in total. The molecular weight excluding hydrogens is 576 g/mol. The SMILES string of the molecule is COC(=O)CCCCN1C(=O)[C@@]2(O[C@@H](CC(=O)N3CCC[C@H]3CO)[C@H]([Si](C)(C)c3ccc(OC)cc3)[C@H]2C)c2ccccc21. The Hall–Kier alpha value is -3.21. The second-order valence-corrected chi connectivity index (χ2v) is 17.6. The van der Waals surface area contributed by atoms with E-state index in [0.717, 1.165) is 29.8 Å². The molecule has 2 aromatic rings. The number of amides is 2. The molecule has 5 rings (SSSR count). The summed E-state index contributed by atoms with van der Waals surface area (Å²) in [5.41, 5.74) is 0.412. The van der Waals surface area contributed by atoms with Crippen LogP contribution in [-0.4, -0.2) is 81.9 Å². The van der Waals surface area contributed by atoms with Gasteiger partial charge in [-0.25, -0.2) is 0 Å². The monoisotopic (exact) mass is 622 g/mol. The van der Waals surface area contributed by atoms with Crippen LogP contribution in [-0.2, 0) is 29.5 Å². The van der Waals surface area contributed by atoms with E-state index in [1.807, 2.05) is 41.3 Å². The summed E-state index contributed by atoms with van der Waals surface area (Å²) < 4.78 is 17.3. The first-order chi connectivity index (χ1) is 21.1. The van der Waals surface area contributed by atoms with Gasteiger partial charge in [0.25, 0.3) is 5.91 Å². The van der Waals surface area contributed by atoms with E-state index in [-0.39, 0.29) is 48.3 Å². The molecule has 3 aliphatic rings. The van der Waals surface area contributed by atoms with Gasteiger partial charge in [-0.05, 0) is 49.4 Å². The van der Waals surface area contributed by atoms with Gasteiger partial charge in [-0.3, -0.25) is 14.4 Å². The number of esters is 1. The van der Waals surface area contributed by atoms with Gasteiger partial charge in [0.2, 0.25) is 5.91 Å². The Bertz CT molecular complexity index is 1370. The fourth-order valence-corrected chi connectivity index (χ4v) is 12.0. The van der Waals surface area contributed by atoms with E-state index >= 15 is 0 Å². The van der Waals surface area contributed by atoms with E-state index in [9.17, 15) is 19.5 Å². The molecule has 1 N–H and O–H groups in total. The van der Waals surface area contributed by atoms with E-state index in [1.54, 1.807) is 12.0 Å². The van der Waals surface area contributed by atoms with Crippen LogP contribution >= 0.6 is 0 Å². The van der Waals surface area contributed by atoms with Crippen molar-refractivity contribution < 1.29 is 33.7 Å². The molecule has 0 radical (unpaired) electrons. The lowest BCUT2D eigenvalue weighted by molar-refractivity contribution is -0.150. The van der Waals surface area contributed by atoms with Gasteiger partial charge in [0.15, 0.2) is 5.60 Å². The van der Waals surface area contributed by atoms with Crippen LogP contribution in [0.5, 0.6) is 5.75 Å². The van der Waals surface area contributed by atoms with Crippen molar-refractivity contribution in [1.29, 1.82) is 0 Å². The number of ether oxygens (including phenoxy) is 3. The Morgan fingerprint density at radius 2 is 1.82 bits per heavy atom. The molecule has 1 spiro atoms. The molecule has 0 bridgehead atoms. The third-order valence-electron chi connectivity index (χ3n) is 10.3. The van der Waals surface area contributed by atoms with E-state index in [0.29, 0.717) is 32.4 Å². The van der Waals surface area contributed by atoms with Crippen molar-refractivity contribution in [1.82, 2.24) is 4.90 Å². The molecule has 2 saturated heterocycles. The second-order valence-electron chi connectivity index (χ2n) is 12.9. The van der Waals surface area contributed by atoms with Crippen LogP contribution in [0.25, 0.3) is 0 Å². The lowest BCUT2D eigenvalue weighted by atomic mass is 9.82. The predicted molar refractivity (Wildman–Crippen MR) is 171 cm³/mol. The number of unbranched alkanes of at least 4 members (excludes halogenated alkanes) is 1. The molecule has 3 aliphatic heterocycles. The van der Waals surface area contributed by atoms with Crippen LogP contribution in [0.4, 0.5) is 5.69 Å². The van der Waals surface area contributed by atoms with Crippen molar-refractivity contribution in [3.8, 4) is 5.75 Å². The fourth-order valence-electron chi connectivity index (χ4n) is 7.97. The number of carbonyl (C=O) groups excluding carboxylic acids is 3. The molecule has 44 heavy (non-hydrogen) atoms. The highest BCUT2D eigenvalue weighted by Crippen LogP contribution is 2.60. The highest BCUT2D eigenvalue weighted by Gasteiger charge is 2.66. The number of rotatable bonds is 11. The summed E-state index contributed by atoms with van der Waals surface area (Å²) in [7, 11) is 0.656. The summed E-state index contributed by atoms with van der Waals surface area (Å²) in [4.78, 5) is 43.8. The van der Waals surface area contributed by atoms with Gasteiger partial charge in [0, 0.05) is 31.0 Å². The Balaban J connectivity index is 1.51. The number of hydrogen-bond acceptors (Lipinski definition) is 7. The summed E-state index contributed by atoms with van der Waals surface area (Å²) in [6.45, 7) is 7.77. The number of aliphatic hydroxyl groups excluding tert-OH is 1. The van der Waals surface area contributed by atoms with E-state index < -0.39 is 19.8 Å². The molecule has 2 fully saturated rings. The number of benzene rings is 2. The number of carbonyl (C=O) groups is 3. The molecule has 2 amide bonds. The van der Waals surface area contributed by atoms with Crippen molar-refractivity contribution in [2.24, 2.45) is 5.92 Å². The minimum absolute atomic E-state index is 0.0290. The Kier molecular flexibility index (Phi) is 9.53. The predicted octanol–water partition coefficient (Wildman–Crippen LogP) is 3.97. The zero-order chi connectivity index (χ0) is 31.6. The van der Waals surface area contributed by atoms with Gasteiger partial charge in [-0.15, -0.1) is 0 Å². The Morgan fingerprint density at radius 1 is 1.09 bits per heavy atom. The van der Waals surface area contributed by atoms with Crippen molar-refractivity contribution in [2.45, 2.75) is 81.8 Å². The van der Waals surface area contributed by atoms with Crippen molar-refractivity contribution in [2.75, 3.05) is 38.8 Å². The molecule has 0 saturated carbocycles. The third kappa shape index (κ3) is 5.56. The van der Waals surface area contributed by atoms with E-state index in [4.69, 9.17) is 14.2 Å². The van der Waals surface area contributed by atoms with Crippen LogP contribution in [0, 0.1) is 5.92 Å². The lowest BCUT2D eigenvalue weighted by Crippen LogP contribution is -2.52. The first kappa shape index (κ1) is 32.2. The summed E-state index contributed by atoms with van der Waals surface area (Å²) in [6, 6.07) is 15.8. The number of hydrogen-bond donors (Lipinski definition) is 1. The number of anilines is 1. The molecule has 5 atom stereocenters. The molecule has 2 aromatic carbocycles. The first-order valence-corrected chi connectivity index (χ1v) is 18.9. The van der Waals surface area contributed by atoms with Crippen LogP contribution in [0.2, 0.25) is 18.6 Å². The molecule has 3 heterocycles. The van der Waals surface area contributed by atoms with Gasteiger partial charge in [0.05, 0.1) is 53.2 Å². The van der Waals surface area contributed by atoms with Crippen LogP contribution in [0.3, 0.4) is 0 Å². The maximum Gasteiger partial charge on any atom is 0.305 e. The minimum Gasteiger partial charge on any atom is -0.497 e. The summed E-state index contributed by atoms with van der Waals surface area (Å²) in [6.07, 6.45) is 2.91. The quantitative estimate of drug-likeness (QED) is 0.230. The third-order valence-corrected chi connectivity index (χ3v) is 14.6. The van der Waals surface area contributed by atoms with Crippen molar-refractivity contribution >= 4 is 36.7 Å². The average Bonchev–Trinajstić information content (AvgIpc) is 3.69. The summed E-state index contributed by atoms with van der Waals surface area (Å²) >= 11 is 0. The zero-order valence-corrected chi connectivity index (χ0v) is 27.6. The normalized spacial score (nSPS) is 26.4. The maximum atomic E-state index is 14.6. The van der Waals surface area contributed by atoms with E-state index in [2.05, 4.69) is 32.2 Å². The van der Waals surface area contributed by atoms with Gasteiger partial charge in [0.1, 0.15) is 5.75 Å². The number of nitrogens with zero attached hydrogens (tertiary/aromatic N) is 2. The summed E-state index contributed by atoms with van der Waals surface area (Å²) in [5.74, 6) is 0.191. The number of para-hydroxylation sites is 1. The Morgan fingerprint density at radius 3 is 2.50 bits per heavy atom. The molecule has 10 heteroatoms. The first-order valence-electron chi connectivity index (χ1n) is 15.8. The zero-order valence-electron chi connectivity index (χ0n) is 26.6. The van der Waals surface area contributed by atoms with Crippen molar-refractivity contribution in [3.05, 3.63) is 54.1 Å². The standard InChI is InChI=1S/C34H46N2O7Si/c1-23-32(44(4,5)26-17-15-25(41-2)16-18-26)29(21-30(38)35-20-10-11-24(35)22-37)43-34(23)27-12-6-7-13-28(27)36(33(34)40)19-9-8-14-31(39)42-3/h6-7,12-13,15-18,23-24,29,32,37H,8-11,14,19-22H2,1-5H3/t23-,24+,29+,32-,34+/m1/s1. The fraction of sp³-hybridized carbons (Fsp3) is 0.559. The van der Waals surface area contributed by atoms with Crippen LogP contribution < -0.4 is 14.8 Å². The highest BCUT2D eigenvalue weighted by atomic mass is 28.3. The van der Waals surface area contributed by atoms with Gasteiger partial charge in [-0.1, -0.05) is 55.5 Å². The van der Waals surface area contributed by atoms with Crippen LogP contribution in [0.1, 0.15) is 51.0 Å².